The van der Waals surface area contributed by atoms with Crippen LogP contribution in [0.2, 0.25) is 0 Å². The summed E-state index contributed by atoms with van der Waals surface area (Å²) in [6.07, 6.45) is -4.13. The molecule has 1 atom stereocenters. The van der Waals surface area contributed by atoms with Gasteiger partial charge >= 0.3 is 6.18 Å². The molecule has 0 aliphatic carbocycles. The number of likely N-dealkylation sites (tertiary alicyclic amines) is 1. The van der Waals surface area contributed by atoms with E-state index in [-0.39, 0.29) is 26.1 Å². The van der Waals surface area contributed by atoms with Crippen molar-refractivity contribution in [1.82, 2.24) is 14.8 Å². The number of anilines is 1. The van der Waals surface area contributed by atoms with Crippen LogP contribution in [0.3, 0.4) is 0 Å². The largest absolute Gasteiger partial charge is 0.404 e. The van der Waals surface area contributed by atoms with Crippen LogP contribution in [0, 0.1) is 12.3 Å². The van der Waals surface area contributed by atoms with Gasteiger partial charge in [-0.25, -0.2) is 4.98 Å². The van der Waals surface area contributed by atoms with Gasteiger partial charge in [-0.1, -0.05) is 30.3 Å². The van der Waals surface area contributed by atoms with Crippen LogP contribution < -0.4 is 4.90 Å². The van der Waals surface area contributed by atoms with E-state index in [1.807, 2.05) is 42.6 Å². The van der Waals surface area contributed by atoms with Crippen LogP contribution in [0.1, 0.15) is 24.1 Å². The molecule has 2 fully saturated rings. The van der Waals surface area contributed by atoms with Crippen molar-refractivity contribution in [3.8, 4) is 0 Å². The topological polar surface area (TPSA) is 39.7 Å². The Kier molecular flexibility index (Phi) is 6.25. The highest BCUT2D eigenvalue weighted by Crippen LogP contribution is 2.47. The van der Waals surface area contributed by atoms with Gasteiger partial charge < -0.3 is 9.80 Å². The zero-order chi connectivity index (χ0) is 22.1. The number of hydrogen-bond acceptors (Lipinski definition) is 5. The zero-order valence-electron chi connectivity index (χ0n) is 17.6. The summed E-state index contributed by atoms with van der Waals surface area (Å²) >= 11 is 1.53. The molecule has 0 saturated carbocycles. The third-order valence-corrected chi connectivity index (χ3v) is 7.23. The molecule has 1 aromatic heterocycles. The monoisotopic (exact) mass is 452 g/mol. The maximum atomic E-state index is 14.3. The van der Waals surface area contributed by atoms with E-state index in [4.69, 9.17) is 0 Å². The molecule has 31 heavy (non-hydrogen) atoms. The maximum absolute atomic E-state index is 14.3. The molecule has 2 saturated heterocycles. The Balaban J connectivity index is 1.47. The van der Waals surface area contributed by atoms with Gasteiger partial charge in [-0.05, 0) is 31.9 Å². The highest BCUT2D eigenvalue weighted by molar-refractivity contribution is 7.13. The molecular weight excluding hydrogens is 425 g/mol. The van der Waals surface area contributed by atoms with Gasteiger partial charge in [0.1, 0.15) is 0 Å². The van der Waals surface area contributed by atoms with Crippen molar-refractivity contribution >= 4 is 22.4 Å². The van der Waals surface area contributed by atoms with E-state index in [0.29, 0.717) is 32.6 Å². The molecule has 2 aliphatic heterocycles. The van der Waals surface area contributed by atoms with Crippen LogP contribution in [0.15, 0.2) is 35.7 Å². The summed E-state index contributed by atoms with van der Waals surface area (Å²) in [5, 5.41) is 2.83. The fourth-order valence-corrected chi connectivity index (χ4v) is 5.35. The van der Waals surface area contributed by atoms with E-state index >= 15 is 0 Å². The predicted octanol–water partition coefficient (Wildman–Crippen LogP) is 3.94. The summed E-state index contributed by atoms with van der Waals surface area (Å²) < 4.78 is 42.9. The summed E-state index contributed by atoms with van der Waals surface area (Å²) in [6, 6.07) is 9.44. The van der Waals surface area contributed by atoms with Crippen LogP contribution in [0.25, 0.3) is 0 Å². The molecule has 9 heteroatoms. The minimum Gasteiger partial charge on any atom is -0.346 e. The zero-order valence-corrected chi connectivity index (χ0v) is 18.4. The fraction of sp³-hybridized carbons (Fsp3) is 0.545. The third kappa shape index (κ3) is 4.57. The summed E-state index contributed by atoms with van der Waals surface area (Å²) in [6.45, 7) is 4.14. The van der Waals surface area contributed by atoms with Gasteiger partial charge in [0.25, 0.3) is 0 Å². The molecule has 2 aliphatic rings. The van der Waals surface area contributed by atoms with Crippen molar-refractivity contribution in [3.05, 3.63) is 47.0 Å². The lowest BCUT2D eigenvalue weighted by Gasteiger charge is -2.35. The molecule has 168 valence electrons. The van der Waals surface area contributed by atoms with E-state index in [1.165, 1.54) is 16.2 Å². The summed E-state index contributed by atoms with van der Waals surface area (Å²) in [7, 11) is 0. The smallest absolute Gasteiger partial charge is 0.346 e. The first-order valence-corrected chi connectivity index (χ1v) is 11.5. The lowest BCUT2D eigenvalue weighted by molar-refractivity contribution is -0.223. The summed E-state index contributed by atoms with van der Waals surface area (Å²) in [4.78, 5) is 23.0. The van der Waals surface area contributed by atoms with Gasteiger partial charge in [0.05, 0.1) is 5.69 Å². The number of carbonyl (C=O) groups is 1. The number of halogens is 3. The average Bonchev–Trinajstić information content (AvgIpc) is 3.28. The molecule has 0 N–H and O–H groups in total. The number of nitrogens with zero attached hydrogens (tertiary/aromatic N) is 4. The molecule has 3 heterocycles. The van der Waals surface area contributed by atoms with E-state index in [0.717, 1.165) is 16.4 Å². The van der Waals surface area contributed by atoms with E-state index in [9.17, 15) is 18.0 Å². The first kappa shape index (κ1) is 22.1. The molecule has 0 radical (unpaired) electrons. The van der Waals surface area contributed by atoms with Gasteiger partial charge in [0, 0.05) is 44.6 Å². The Hall–Kier alpha value is -2.13. The second kappa shape index (κ2) is 8.78. The van der Waals surface area contributed by atoms with E-state index in [1.54, 1.807) is 4.90 Å². The van der Waals surface area contributed by atoms with Gasteiger partial charge in [-0.2, -0.15) is 13.2 Å². The second-order valence-electron chi connectivity index (χ2n) is 8.43. The van der Waals surface area contributed by atoms with Crippen molar-refractivity contribution in [3.63, 3.8) is 0 Å². The van der Waals surface area contributed by atoms with Gasteiger partial charge in [0.15, 0.2) is 10.5 Å². The predicted molar refractivity (Wildman–Crippen MR) is 115 cm³/mol. The Bertz CT molecular complexity index is 904. The molecule has 0 bridgehead atoms. The van der Waals surface area contributed by atoms with Crippen LogP contribution in [0.5, 0.6) is 0 Å². The molecule has 5 nitrogen and oxygen atoms in total. The lowest BCUT2D eigenvalue weighted by atomic mass is 9.84. The van der Waals surface area contributed by atoms with Crippen molar-refractivity contribution in [2.45, 2.75) is 32.5 Å². The quantitative estimate of drug-likeness (QED) is 0.705. The van der Waals surface area contributed by atoms with Crippen LogP contribution in [0.4, 0.5) is 18.3 Å². The Morgan fingerprint density at radius 3 is 2.58 bits per heavy atom. The van der Waals surface area contributed by atoms with Crippen LogP contribution in [-0.2, 0) is 11.3 Å². The van der Waals surface area contributed by atoms with Crippen molar-refractivity contribution in [1.29, 1.82) is 0 Å². The fourth-order valence-electron chi connectivity index (χ4n) is 4.49. The molecule has 1 unspecified atom stereocenters. The molecule has 2 aromatic rings. The minimum atomic E-state index is -4.58. The highest BCUT2D eigenvalue weighted by Gasteiger charge is 2.63. The Morgan fingerprint density at radius 2 is 1.90 bits per heavy atom. The Labute approximate surface area is 184 Å². The molecule has 1 aromatic carbocycles. The molecule has 0 spiro atoms. The van der Waals surface area contributed by atoms with Crippen LogP contribution in [-0.4, -0.2) is 66.1 Å². The van der Waals surface area contributed by atoms with Crippen molar-refractivity contribution in [2.24, 2.45) is 5.41 Å². The summed E-state index contributed by atoms with van der Waals surface area (Å²) in [5.41, 5.74) is -0.441. The standard InChI is InChI=1S/C22H27F3N4OS/c1-17-15-31-20(26-17)29-10-5-9-28(12-13-29)19(30)21(22(23,24)25)8-11-27(16-21)14-18-6-3-2-4-7-18/h2-4,6-7,15H,5,8-14,16H2,1H3. The molecule has 4 rings (SSSR count). The maximum Gasteiger partial charge on any atom is 0.404 e. The van der Waals surface area contributed by atoms with Crippen molar-refractivity contribution in [2.75, 3.05) is 44.2 Å². The number of aromatic nitrogens is 1. The molecular formula is C22H27F3N4OS. The lowest BCUT2D eigenvalue weighted by Crippen LogP contribution is -2.54. The number of rotatable bonds is 4. The average molecular weight is 453 g/mol. The number of amides is 1. The first-order valence-electron chi connectivity index (χ1n) is 10.6. The van der Waals surface area contributed by atoms with Gasteiger partial charge in [0.2, 0.25) is 5.91 Å². The number of benzene rings is 1. The second-order valence-corrected chi connectivity index (χ2v) is 9.27. The first-order chi connectivity index (χ1) is 14.8. The van der Waals surface area contributed by atoms with E-state index < -0.39 is 17.5 Å². The number of thiazole rings is 1. The minimum absolute atomic E-state index is 0.186. The Morgan fingerprint density at radius 1 is 1.13 bits per heavy atom. The highest BCUT2D eigenvalue weighted by atomic mass is 32.1. The SMILES string of the molecule is Cc1csc(N2CCCN(C(=O)C3(C(F)(F)F)CCN(Cc4ccccc4)C3)CC2)n1. The number of aryl methyl sites for hydroxylation is 1. The normalized spacial score (nSPS) is 23.2. The third-order valence-electron chi connectivity index (χ3n) is 6.21. The molecule has 1 amide bonds. The van der Waals surface area contributed by atoms with Crippen molar-refractivity contribution < 1.29 is 18.0 Å². The number of alkyl halides is 3. The van der Waals surface area contributed by atoms with E-state index in [2.05, 4.69) is 9.88 Å². The van der Waals surface area contributed by atoms with Gasteiger partial charge in [-0.3, -0.25) is 9.69 Å². The number of carbonyl (C=O) groups excluding carboxylic acids is 1. The van der Waals surface area contributed by atoms with Crippen LogP contribution >= 0.6 is 11.3 Å². The number of hydrogen-bond donors (Lipinski definition) is 0. The van der Waals surface area contributed by atoms with Gasteiger partial charge in [-0.15, -0.1) is 11.3 Å². The summed E-state index contributed by atoms with van der Waals surface area (Å²) in [5.74, 6) is -0.771.